The molecular weight excluding hydrogens is 316 g/mol. The summed E-state index contributed by atoms with van der Waals surface area (Å²) in [4.78, 5) is 12.6. The van der Waals surface area contributed by atoms with Crippen LogP contribution in [0.15, 0.2) is 36.4 Å². The summed E-state index contributed by atoms with van der Waals surface area (Å²) in [5.41, 5.74) is 4.13. The minimum absolute atomic E-state index is 0.00177. The molecule has 5 nitrogen and oxygen atoms in total. The SMILES string of the molecule is O=C(NCCc1ccc2c(c1)OCCO2)c1cccc2c1CCCN2. The Morgan fingerprint density at radius 2 is 2.00 bits per heavy atom. The van der Waals surface area contributed by atoms with E-state index in [-0.39, 0.29) is 5.91 Å². The maximum Gasteiger partial charge on any atom is 0.251 e. The van der Waals surface area contributed by atoms with Crippen molar-refractivity contribution in [1.29, 1.82) is 0 Å². The average Bonchev–Trinajstić information content (AvgIpc) is 2.67. The molecule has 2 aliphatic rings. The highest BCUT2D eigenvalue weighted by Gasteiger charge is 2.17. The molecule has 0 fully saturated rings. The monoisotopic (exact) mass is 338 g/mol. The van der Waals surface area contributed by atoms with E-state index >= 15 is 0 Å². The van der Waals surface area contributed by atoms with E-state index in [0.717, 1.165) is 59.7 Å². The lowest BCUT2D eigenvalue weighted by Gasteiger charge is -2.20. The van der Waals surface area contributed by atoms with Crippen LogP contribution < -0.4 is 20.1 Å². The normalized spacial score (nSPS) is 15.0. The molecule has 0 saturated carbocycles. The molecule has 0 aliphatic carbocycles. The van der Waals surface area contributed by atoms with Crippen LogP contribution in [0, 0.1) is 0 Å². The zero-order chi connectivity index (χ0) is 17.1. The molecule has 25 heavy (non-hydrogen) atoms. The van der Waals surface area contributed by atoms with Gasteiger partial charge in [0.25, 0.3) is 5.91 Å². The van der Waals surface area contributed by atoms with Crippen LogP contribution in [0.5, 0.6) is 11.5 Å². The summed E-state index contributed by atoms with van der Waals surface area (Å²) in [6.07, 6.45) is 2.78. The van der Waals surface area contributed by atoms with Crippen molar-refractivity contribution in [3.8, 4) is 11.5 Å². The van der Waals surface area contributed by atoms with Crippen molar-refractivity contribution < 1.29 is 14.3 Å². The minimum Gasteiger partial charge on any atom is -0.486 e. The van der Waals surface area contributed by atoms with E-state index in [9.17, 15) is 4.79 Å². The second kappa shape index (κ2) is 7.05. The number of fused-ring (bicyclic) bond motifs is 2. The average molecular weight is 338 g/mol. The van der Waals surface area contributed by atoms with Crippen molar-refractivity contribution in [2.45, 2.75) is 19.3 Å². The number of carbonyl (C=O) groups is 1. The van der Waals surface area contributed by atoms with Crippen LogP contribution in [0.2, 0.25) is 0 Å². The summed E-state index contributed by atoms with van der Waals surface area (Å²) in [6, 6.07) is 11.8. The van der Waals surface area contributed by atoms with E-state index < -0.39 is 0 Å². The van der Waals surface area contributed by atoms with Crippen molar-refractivity contribution in [2.75, 3.05) is 31.6 Å². The van der Waals surface area contributed by atoms with Crippen LogP contribution >= 0.6 is 0 Å². The smallest absolute Gasteiger partial charge is 0.251 e. The Balaban J connectivity index is 1.38. The number of hydrogen-bond donors (Lipinski definition) is 2. The molecular formula is C20H22N2O3. The van der Waals surface area contributed by atoms with Crippen molar-refractivity contribution in [1.82, 2.24) is 5.32 Å². The van der Waals surface area contributed by atoms with Crippen LogP contribution in [0.3, 0.4) is 0 Å². The molecule has 0 unspecified atom stereocenters. The number of hydrogen-bond acceptors (Lipinski definition) is 4. The zero-order valence-electron chi connectivity index (χ0n) is 14.1. The summed E-state index contributed by atoms with van der Waals surface area (Å²) in [7, 11) is 0. The Morgan fingerprint density at radius 3 is 2.92 bits per heavy atom. The molecule has 2 heterocycles. The molecule has 0 radical (unpaired) electrons. The summed E-state index contributed by atoms with van der Waals surface area (Å²) in [5.74, 6) is 1.58. The van der Waals surface area contributed by atoms with E-state index in [1.807, 2.05) is 36.4 Å². The molecule has 0 spiro atoms. The van der Waals surface area contributed by atoms with Crippen LogP contribution in [-0.4, -0.2) is 32.2 Å². The minimum atomic E-state index is -0.00177. The highest BCUT2D eigenvalue weighted by molar-refractivity contribution is 5.97. The van der Waals surface area contributed by atoms with Crippen LogP contribution in [0.4, 0.5) is 5.69 Å². The molecule has 130 valence electrons. The van der Waals surface area contributed by atoms with Gasteiger partial charge in [0.1, 0.15) is 13.2 Å². The van der Waals surface area contributed by atoms with Crippen LogP contribution in [-0.2, 0) is 12.8 Å². The largest absolute Gasteiger partial charge is 0.486 e. The lowest BCUT2D eigenvalue weighted by Crippen LogP contribution is -2.28. The fraction of sp³-hybridized carbons (Fsp3) is 0.350. The number of rotatable bonds is 4. The molecule has 0 bridgehead atoms. The predicted octanol–water partition coefficient (Wildman–Crippen LogP) is 2.79. The Bertz CT molecular complexity index is 789. The second-order valence-electron chi connectivity index (χ2n) is 6.35. The fourth-order valence-electron chi connectivity index (χ4n) is 3.38. The van der Waals surface area contributed by atoms with Gasteiger partial charge in [-0.25, -0.2) is 0 Å². The van der Waals surface area contributed by atoms with Crippen molar-refractivity contribution in [3.05, 3.63) is 53.1 Å². The standard InChI is InChI=1S/C20H22N2O3/c23-20(16-3-1-5-17-15(16)4-2-9-21-17)22-10-8-14-6-7-18-19(13-14)25-12-11-24-18/h1,3,5-7,13,21H,2,4,8-12H2,(H,22,23). The first kappa shape index (κ1) is 15.8. The Labute approximate surface area is 147 Å². The molecule has 1 amide bonds. The van der Waals surface area contributed by atoms with Crippen molar-refractivity contribution in [2.24, 2.45) is 0 Å². The number of carbonyl (C=O) groups excluding carboxylic acids is 1. The molecule has 2 aliphatic heterocycles. The fourth-order valence-corrected chi connectivity index (χ4v) is 3.38. The zero-order valence-corrected chi connectivity index (χ0v) is 14.1. The third-order valence-electron chi connectivity index (χ3n) is 4.65. The van der Waals surface area contributed by atoms with Gasteiger partial charge < -0.3 is 20.1 Å². The van der Waals surface area contributed by atoms with E-state index in [1.165, 1.54) is 0 Å². The van der Waals surface area contributed by atoms with Gasteiger partial charge in [-0.3, -0.25) is 4.79 Å². The van der Waals surface area contributed by atoms with E-state index in [1.54, 1.807) is 0 Å². The maximum absolute atomic E-state index is 12.6. The van der Waals surface area contributed by atoms with E-state index in [0.29, 0.717) is 19.8 Å². The highest BCUT2D eigenvalue weighted by atomic mass is 16.6. The molecule has 0 atom stereocenters. The van der Waals surface area contributed by atoms with Gasteiger partial charge in [-0.15, -0.1) is 0 Å². The van der Waals surface area contributed by atoms with Gasteiger partial charge in [0.05, 0.1) is 0 Å². The van der Waals surface area contributed by atoms with Gasteiger partial charge >= 0.3 is 0 Å². The molecule has 2 aromatic rings. The van der Waals surface area contributed by atoms with Gasteiger partial charge in [0, 0.05) is 24.3 Å². The van der Waals surface area contributed by atoms with Gasteiger partial charge in [0.15, 0.2) is 11.5 Å². The summed E-state index contributed by atoms with van der Waals surface area (Å²) in [5, 5.41) is 6.40. The van der Waals surface area contributed by atoms with Gasteiger partial charge in [-0.1, -0.05) is 12.1 Å². The van der Waals surface area contributed by atoms with Crippen molar-refractivity contribution in [3.63, 3.8) is 0 Å². The van der Waals surface area contributed by atoms with Gasteiger partial charge in [-0.2, -0.15) is 0 Å². The third kappa shape index (κ3) is 3.40. The maximum atomic E-state index is 12.6. The van der Waals surface area contributed by atoms with E-state index in [2.05, 4.69) is 10.6 Å². The van der Waals surface area contributed by atoms with Gasteiger partial charge in [0.2, 0.25) is 0 Å². The summed E-state index contributed by atoms with van der Waals surface area (Å²) in [6.45, 7) is 2.75. The summed E-state index contributed by atoms with van der Waals surface area (Å²) >= 11 is 0. The van der Waals surface area contributed by atoms with Crippen LogP contribution in [0.25, 0.3) is 0 Å². The molecule has 2 aromatic carbocycles. The third-order valence-corrected chi connectivity index (χ3v) is 4.65. The number of amides is 1. The highest BCUT2D eigenvalue weighted by Crippen LogP contribution is 2.30. The first-order valence-electron chi connectivity index (χ1n) is 8.84. The quantitative estimate of drug-likeness (QED) is 0.900. The number of ether oxygens (including phenoxy) is 2. The molecule has 5 heteroatoms. The topological polar surface area (TPSA) is 59.6 Å². The molecule has 0 saturated heterocycles. The molecule has 2 N–H and O–H groups in total. The second-order valence-corrected chi connectivity index (χ2v) is 6.35. The summed E-state index contributed by atoms with van der Waals surface area (Å²) < 4.78 is 11.1. The lowest BCUT2D eigenvalue weighted by molar-refractivity contribution is 0.0953. The van der Waals surface area contributed by atoms with Crippen molar-refractivity contribution >= 4 is 11.6 Å². The van der Waals surface area contributed by atoms with E-state index in [4.69, 9.17) is 9.47 Å². The Morgan fingerprint density at radius 1 is 1.12 bits per heavy atom. The first-order valence-corrected chi connectivity index (χ1v) is 8.84. The van der Waals surface area contributed by atoms with Crippen LogP contribution in [0.1, 0.15) is 27.9 Å². The lowest BCUT2D eigenvalue weighted by atomic mass is 9.97. The predicted molar refractivity (Wildman–Crippen MR) is 96.7 cm³/mol. The Kier molecular flexibility index (Phi) is 4.46. The Hall–Kier alpha value is -2.69. The molecule has 0 aromatic heterocycles. The number of anilines is 1. The molecule has 4 rings (SSSR count). The number of nitrogens with one attached hydrogen (secondary N) is 2. The number of benzene rings is 2. The first-order chi connectivity index (χ1) is 12.3. The van der Waals surface area contributed by atoms with Gasteiger partial charge in [-0.05, 0) is 54.7 Å².